The van der Waals surface area contributed by atoms with Crippen LogP contribution in [-0.4, -0.2) is 15.5 Å². The molecule has 0 fully saturated rings. The van der Waals surface area contributed by atoms with Crippen LogP contribution in [0.25, 0.3) is 0 Å². The molecular weight excluding hydrogens is 164 g/mol. The number of hydrogen-bond acceptors (Lipinski definition) is 3. The third-order valence-electron chi connectivity index (χ3n) is 1.19. The number of hydrogen-bond donors (Lipinski definition) is 0. The average Bonchev–Trinajstić information content (AvgIpc) is 2.06. The molecule has 0 saturated heterocycles. The van der Waals surface area contributed by atoms with E-state index in [9.17, 15) is 8.42 Å². The quantitative estimate of drug-likeness (QED) is 0.619. The van der Waals surface area contributed by atoms with Gasteiger partial charge < -0.3 is 0 Å². The molecule has 0 aromatic heterocycles. The van der Waals surface area contributed by atoms with Crippen molar-refractivity contribution in [1.29, 1.82) is 0 Å². The van der Waals surface area contributed by atoms with Crippen molar-refractivity contribution in [2.45, 2.75) is 4.90 Å². The molecular formula is C7H7O3S. The lowest BCUT2D eigenvalue weighted by molar-refractivity contribution is 0.398. The van der Waals surface area contributed by atoms with Crippen LogP contribution in [0.1, 0.15) is 0 Å². The van der Waals surface area contributed by atoms with Gasteiger partial charge in [0, 0.05) is 0 Å². The molecule has 0 aliphatic carbocycles. The summed E-state index contributed by atoms with van der Waals surface area (Å²) in [7, 11) is -2.40. The van der Waals surface area contributed by atoms with Crippen molar-refractivity contribution < 1.29 is 12.6 Å². The van der Waals surface area contributed by atoms with Gasteiger partial charge in [-0.25, -0.2) is 0 Å². The minimum Gasteiger partial charge on any atom is -0.270 e. The van der Waals surface area contributed by atoms with Crippen molar-refractivity contribution in [1.82, 2.24) is 0 Å². The fourth-order valence-corrected chi connectivity index (χ4v) is 1.28. The zero-order valence-corrected chi connectivity index (χ0v) is 6.76. The van der Waals surface area contributed by atoms with Crippen LogP contribution in [0, 0.1) is 6.07 Å². The lowest BCUT2D eigenvalue weighted by Gasteiger charge is -1.98. The van der Waals surface area contributed by atoms with E-state index in [0.717, 1.165) is 7.11 Å². The highest BCUT2D eigenvalue weighted by Crippen LogP contribution is 2.08. The first-order valence-corrected chi connectivity index (χ1v) is 4.34. The van der Waals surface area contributed by atoms with E-state index in [-0.39, 0.29) is 4.90 Å². The molecule has 0 atom stereocenters. The van der Waals surface area contributed by atoms with Gasteiger partial charge in [0.1, 0.15) is 0 Å². The van der Waals surface area contributed by atoms with E-state index in [0.29, 0.717) is 0 Å². The molecule has 0 heterocycles. The number of rotatable bonds is 2. The van der Waals surface area contributed by atoms with Crippen LogP contribution >= 0.6 is 0 Å². The largest absolute Gasteiger partial charge is 0.296 e. The van der Waals surface area contributed by atoms with Gasteiger partial charge in [-0.05, 0) is 18.2 Å². The molecule has 0 saturated carbocycles. The minimum atomic E-state index is -3.53. The van der Waals surface area contributed by atoms with Gasteiger partial charge >= 0.3 is 0 Å². The summed E-state index contributed by atoms with van der Waals surface area (Å²) in [5, 5.41) is 0. The highest BCUT2D eigenvalue weighted by molar-refractivity contribution is 7.86. The molecule has 0 aliphatic rings. The Labute approximate surface area is 65.7 Å². The first-order chi connectivity index (χ1) is 5.17. The average molecular weight is 171 g/mol. The van der Waals surface area contributed by atoms with Crippen molar-refractivity contribution in [2.75, 3.05) is 7.11 Å². The smallest absolute Gasteiger partial charge is 0.270 e. The summed E-state index contributed by atoms with van der Waals surface area (Å²) < 4.78 is 26.2. The maximum atomic E-state index is 11.0. The predicted molar refractivity (Wildman–Crippen MR) is 39.5 cm³/mol. The van der Waals surface area contributed by atoms with E-state index in [1.165, 1.54) is 12.1 Å². The SMILES string of the molecule is COS(=O)(=O)c1c[c]ccc1. The van der Waals surface area contributed by atoms with Gasteiger partial charge in [0.2, 0.25) is 0 Å². The Hall–Kier alpha value is -0.870. The van der Waals surface area contributed by atoms with Crippen LogP contribution in [-0.2, 0) is 14.3 Å². The summed E-state index contributed by atoms with van der Waals surface area (Å²) in [4.78, 5) is 0.127. The van der Waals surface area contributed by atoms with Crippen molar-refractivity contribution >= 4 is 10.1 Å². The second-order valence-corrected chi connectivity index (χ2v) is 3.57. The maximum absolute atomic E-state index is 11.0. The zero-order valence-electron chi connectivity index (χ0n) is 5.94. The molecule has 4 heteroatoms. The molecule has 59 valence electrons. The maximum Gasteiger partial charge on any atom is 0.296 e. The normalized spacial score (nSPS) is 11.4. The van der Waals surface area contributed by atoms with Gasteiger partial charge in [0.25, 0.3) is 10.1 Å². The van der Waals surface area contributed by atoms with E-state index < -0.39 is 10.1 Å². The third kappa shape index (κ3) is 1.78. The van der Waals surface area contributed by atoms with E-state index in [1.54, 1.807) is 12.1 Å². The molecule has 1 aromatic carbocycles. The second kappa shape index (κ2) is 3.02. The zero-order chi connectivity index (χ0) is 8.32. The Bertz CT molecular complexity index is 315. The highest BCUT2D eigenvalue weighted by atomic mass is 32.2. The van der Waals surface area contributed by atoms with Crippen LogP contribution in [0.4, 0.5) is 0 Å². The van der Waals surface area contributed by atoms with Crippen LogP contribution in [0.3, 0.4) is 0 Å². The first kappa shape index (κ1) is 8.23. The molecule has 0 aliphatic heterocycles. The third-order valence-corrected chi connectivity index (χ3v) is 2.46. The van der Waals surface area contributed by atoms with Crippen molar-refractivity contribution in [3.63, 3.8) is 0 Å². The van der Waals surface area contributed by atoms with Crippen LogP contribution in [0.5, 0.6) is 0 Å². The van der Waals surface area contributed by atoms with Gasteiger partial charge in [-0.2, -0.15) is 8.42 Å². The molecule has 0 bridgehead atoms. The molecule has 0 amide bonds. The lowest BCUT2D eigenvalue weighted by Crippen LogP contribution is -2.01. The van der Waals surface area contributed by atoms with Crippen LogP contribution < -0.4 is 0 Å². The van der Waals surface area contributed by atoms with Gasteiger partial charge in [0.05, 0.1) is 12.0 Å². The monoisotopic (exact) mass is 171 g/mol. The summed E-state index contributed by atoms with van der Waals surface area (Å²) in [5.74, 6) is 0. The van der Waals surface area contributed by atoms with Crippen LogP contribution in [0.15, 0.2) is 29.2 Å². The van der Waals surface area contributed by atoms with E-state index >= 15 is 0 Å². The standard InChI is InChI=1S/C7H7O3S/c1-10-11(8,9)7-5-3-2-4-6-7/h2-3,5-6H,1H3. The van der Waals surface area contributed by atoms with Gasteiger partial charge in [-0.1, -0.05) is 12.1 Å². The van der Waals surface area contributed by atoms with Crippen molar-refractivity contribution in [3.8, 4) is 0 Å². The van der Waals surface area contributed by atoms with Crippen LogP contribution in [0.2, 0.25) is 0 Å². The fourth-order valence-electron chi connectivity index (χ4n) is 0.629. The fraction of sp³-hybridized carbons (Fsp3) is 0.143. The van der Waals surface area contributed by atoms with Crippen molar-refractivity contribution in [2.24, 2.45) is 0 Å². The summed E-state index contributed by atoms with van der Waals surface area (Å²) in [6.07, 6.45) is 0. The number of benzene rings is 1. The lowest BCUT2D eigenvalue weighted by atomic mass is 10.4. The Kier molecular flexibility index (Phi) is 2.26. The predicted octanol–water partition coefficient (Wildman–Crippen LogP) is 0.822. The first-order valence-electron chi connectivity index (χ1n) is 2.93. The Morgan fingerprint density at radius 2 is 2.27 bits per heavy atom. The summed E-state index contributed by atoms with van der Waals surface area (Å²) in [6, 6.07) is 8.66. The van der Waals surface area contributed by atoms with E-state index in [4.69, 9.17) is 0 Å². The Morgan fingerprint density at radius 3 is 2.73 bits per heavy atom. The Balaban J connectivity index is 3.14. The second-order valence-electron chi connectivity index (χ2n) is 1.86. The van der Waals surface area contributed by atoms with Gasteiger partial charge in [-0.3, -0.25) is 4.18 Å². The molecule has 1 radical (unpaired) electrons. The Morgan fingerprint density at radius 1 is 1.55 bits per heavy atom. The highest BCUT2D eigenvalue weighted by Gasteiger charge is 2.10. The van der Waals surface area contributed by atoms with E-state index in [2.05, 4.69) is 10.2 Å². The van der Waals surface area contributed by atoms with Gasteiger partial charge in [0.15, 0.2) is 0 Å². The topological polar surface area (TPSA) is 43.4 Å². The molecule has 1 rings (SSSR count). The summed E-state index contributed by atoms with van der Waals surface area (Å²) in [5.41, 5.74) is 0. The molecule has 0 unspecified atom stereocenters. The van der Waals surface area contributed by atoms with Gasteiger partial charge in [-0.15, -0.1) is 0 Å². The molecule has 11 heavy (non-hydrogen) atoms. The van der Waals surface area contributed by atoms with E-state index in [1.807, 2.05) is 0 Å². The van der Waals surface area contributed by atoms with Crippen molar-refractivity contribution in [3.05, 3.63) is 30.3 Å². The molecule has 0 spiro atoms. The molecule has 0 N–H and O–H groups in total. The molecule has 1 aromatic rings. The molecule has 3 nitrogen and oxygen atoms in total. The summed E-state index contributed by atoms with van der Waals surface area (Å²) >= 11 is 0. The minimum absolute atomic E-state index is 0.127. The summed E-state index contributed by atoms with van der Waals surface area (Å²) in [6.45, 7) is 0.